The molecule has 0 saturated carbocycles. The van der Waals surface area contributed by atoms with E-state index in [1.54, 1.807) is 0 Å². The average Bonchev–Trinajstić information content (AvgIpc) is 2.86. The molecule has 16 heavy (non-hydrogen) atoms. The van der Waals surface area contributed by atoms with E-state index < -0.39 is 0 Å². The van der Waals surface area contributed by atoms with E-state index in [0.717, 1.165) is 32.6 Å². The van der Waals surface area contributed by atoms with Crippen LogP contribution in [0.2, 0.25) is 0 Å². The maximum absolute atomic E-state index is 12.1. The maximum Gasteiger partial charge on any atom is 0.227 e. The molecule has 3 nitrogen and oxygen atoms in total. The predicted octanol–water partition coefficient (Wildman–Crippen LogP) is 1.67. The van der Waals surface area contributed by atoms with Crippen molar-refractivity contribution >= 4 is 18.3 Å². The van der Waals surface area contributed by atoms with Gasteiger partial charge in [-0.2, -0.15) is 0 Å². The van der Waals surface area contributed by atoms with Crippen molar-refractivity contribution in [1.29, 1.82) is 0 Å². The highest BCUT2D eigenvalue weighted by molar-refractivity contribution is 5.85. The zero-order valence-corrected chi connectivity index (χ0v) is 11.1. The van der Waals surface area contributed by atoms with Gasteiger partial charge in [-0.05, 0) is 31.2 Å². The van der Waals surface area contributed by atoms with Crippen LogP contribution in [0, 0.1) is 11.3 Å². The van der Waals surface area contributed by atoms with Crippen LogP contribution in [0.3, 0.4) is 0 Å². The topological polar surface area (TPSA) is 32.3 Å². The molecular formula is C12H23ClN2O. The Morgan fingerprint density at radius 3 is 2.81 bits per heavy atom. The molecule has 0 spiro atoms. The van der Waals surface area contributed by atoms with Gasteiger partial charge < -0.3 is 10.2 Å². The molecule has 2 heterocycles. The fourth-order valence-corrected chi connectivity index (χ4v) is 2.62. The Labute approximate surface area is 104 Å². The Morgan fingerprint density at radius 2 is 2.31 bits per heavy atom. The van der Waals surface area contributed by atoms with Gasteiger partial charge in [-0.25, -0.2) is 0 Å². The van der Waals surface area contributed by atoms with Gasteiger partial charge in [-0.3, -0.25) is 4.79 Å². The van der Waals surface area contributed by atoms with E-state index in [-0.39, 0.29) is 18.3 Å². The Kier molecular flexibility index (Phi) is 4.62. The summed E-state index contributed by atoms with van der Waals surface area (Å²) in [4.78, 5) is 14.2. The molecule has 0 aromatic rings. The molecule has 1 amide bonds. The first-order chi connectivity index (χ1) is 7.14. The molecule has 2 fully saturated rings. The van der Waals surface area contributed by atoms with Gasteiger partial charge in [0.2, 0.25) is 5.91 Å². The van der Waals surface area contributed by atoms with Gasteiger partial charge >= 0.3 is 0 Å². The third-order valence-electron chi connectivity index (χ3n) is 4.13. The smallest absolute Gasteiger partial charge is 0.227 e. The molecule has 2 saturated heterocycles. The molecule has 0 radical (unpaired) electrons. The molecule has 2 aliphatic heterocycles. The van der Waals surface area contributed by atoms with Crippen molar-refractivity contribution in [3.63, 3.8) is 0 Å². The first-order valence-electron chi connectivity index (χ1n) is 6.14. The van der Waals surface area contributed by atoms with Crippen LogP contribution in [0.15, 0.2) is 0 Å². The van der Waals surface area contributed by atoms with E-state index in [4.69, 9.17) is 0 Å². The molecule has 2 atom stereocenters. The maximum atomic E-state index is 12.1. The molecule has 1 N–H and O–H groups in total. The number of carbonyl (C=O) groups excluding carboxylic acids is 1. The van der Waals surface area contributed by atoms with Crippen molar-refractivity contribution < 1.29 is 4.79 Å². The van der Waals surface area contributed by atoms with E-state index in [9.17, 15) is 4.79 Å². The molecular weight excluding hydrogens is 224 g/mol. The van der Waals surface area contributed by atoms with Crippen LogP contribution in [0.5, 0.6) is 0 Å². The third kappa shape index (κ3) is 2.69. The van der Waals surface area contributed by atoms with Crippen molar-refractivity contribution in [2.75, 3.05) is 26.2 Å². The summed E-state index contributed by atoms with van der Waals surface area (Å²) in [6.07, 6.45) is 3.38. The summed E-state index contributed by atoms with van der Waals surface area (Å²) in [5.74, 6) is 0.640. The fraction of sp³-hybridized carbons (Fsp3) is 0.917. The molecule has 0 aliphatic carbocycles. The monoisotopic (exact) mass is 246 g/mol. The molecule has 2 aliphatic rings. The summed E-state index contributed by atoms with van der Waals surface area (Å²) in [5.41, 5.74) is 0.377. The van der Waals surface area contributed by atoms with Crippen molar-refractivity contribution in [2.24, 2.45) is 11.3 Å². The first-order valence-corrected chi connectivity index (χ1v) is 6.14. The fourth-order valence-electron chi connectivity index (χ4n) is 2.62. The van der Waals surface area contributed by atoms with Crippen LogP contribution < -0.4 is 5.32 Å². The number of rotatable bonds is 2. The second kappa shape index (κ2) is 5.37. The highest BCUT2D eigenvalue weighted by atomic mass is 35.5. The second-order valence-corrected chi connectivity index (χ2v) is 5.36. The van der Waals surface area contributed by atoms with Crippen molar-refractivity contribution in [3.8, 4) is 0 Å². The van der Waals surface area contributed by atoms with E-state index in [0.29, 0.717) is 11.3 Å². The SMILES string of the molecule is CCC1(C)CCN(C(=O)[C@@H]2CCNC2)C1.Cl. The predicted molar refractivity (Wildman–Crippen MR) is 67.8 cm³/mol. The lowest BCUT2D eigenvalue weighted by atomic mass is 9.87. The summed E-state index contributed by atoms with van der Waals surface area (Å²) in [5, 5.41) is 3.26. The highest BCUT2D eigenvalue weighted by Crippen LogP contribution is 2.33. The number of hydrogen-bond acceptors (Lipinski definition) is 2. The minimum absolute atomic E-state index is 0. The Morgan fingerprint density at radius 1 is 1.56 bits per heavy atom. The van der Waals surface area contributed by atoms with Crippen molar-refractivity contribution in [1.82, 2.24) is 10.2 Å². The second-order valence-electron chi connectivity index (χ2n) is 5.36. The molecule has 4 heteroatoms. The Balaban J connectivity index is 0.00000128. The van der Waals surface area contributed by atoms with Crippen molar-refractivity contribution in [3.05, 3.63) is 0 Å². The summed E-state index contributed by atoms with van der Waals surface area (Å²) < 4.78 is 0. The highest BCUT2D eigenvalue weighted by Gasteiger charge is 2.37. The van der Waals surface area contributed by atoms with Crippen LogP contribution in [0.25, 0.3) is 0 Å². The zero-order valence-electron chi connectivity index (χ0n) is 10.3. The van der Waals surface area contributed by atoms with Gasteiger partial charge in [0.1, 0.15) is 0 Å². The average molecular weight is 247 g/mol. The largest absolute Gasteiger partial charge is 0.342 e. The van der Waals surface area contributed by atoms with Crippen LogP contribution in [0.4, 0.5) is 0 Å². The number of nitrogens with zero attached hydrogens (tertiary/aromatic N) is 1. The molecule has 94 valence electrons. The third-order valence-corrected chi connectivity index (χ3v) is 4.13. The number of carbonyl (C=O) groups is 1. The number of hydrogen-bond donors (Lipinski definition) is 1. The van der Waals surface area contributed by atoms with Gasteiger partial charge in [-0.15, -0.1) is 12.4 Å². The minimum atomic E-state index is 0. The summed E-state index contributed by atoms with van der Waals surface area (Å²) in [6.45, 7) is 8.37. The standard InChI is InChI=1S/C12H22N2O.ClH/c1-3-12(2)5-7-14(9-12)11(15)10-4-6-13-8-10;/h10,13H,3-9H2,1-2H3;1H/t10-,12?;/m1./s1. The van der Waals surface area contributed by atoms with E-state index in [1.165, 1.54) is 12.8 Å². The van der Waals surface area contributed by atoms with Crippen LogP contribution in [-0.4, -0.2) is 37.0 Å². The molecule has 0 aromatic heterocycles. The summed E-state index contributed by atoms with van der Waals surface area (Å²) in [7, 11) is 0. The Bertz CT molecular complexity index is 253. The molecule has 0 bridgehead atoms. The first kappa shape index (κ1) is 13.8. The Hall–Kier alpha value is -0.280. The van der Waals surface area contributed by atoms with Crippen molar-refractivity contribution in [2.45, 2.75) is 33.1 Å². The van der Waals surface area contributed by atoms with E-state index in [2.05, 4.69) is 24.1 Å². The number of amides is 1. The zero-order chi connectivity index (χ0) is 10.9. The lowest BCUT2D eigenvalue weighted by Gasteiger charge is -2.24. The summed E-state index contributed by atoms with van der Waals surface area (Å²) in [6, 6.07) is 0. The van der Waals surface area contributed by atoms with E-state index in [1.807, 2.05) is 0 Å². The number of likely N-dealkylation sites (tertiary alicyclic amines) is 1. The lowest BCUT2D eigenvalue weighted by molar-refractivity contribution is -0.134. The van der Waals surface area contributed by atoms with Gasteiger partial charge in [0, 0.05) is 19.6 Å². The normalized spacial score (nSPS) is 33.9. The molecule has 1 unspecified atom stereocenters. The minimum Gasteiger partial charge on any atom is -0.342 e. The van der Waals surface area contributed by atoms with Crippen LogP contribution in [0.1, 0.15) is 33.1 Å². The van der Waals surface area contributed by atoms with Gasteiger partial charge in [0.25, 0.3) is 0 Å². The van der Waals surface area contributed by atoms with Gasteiger partial charge in [0.15, 0.2) is 0 Å². The number of halogens is 1. The molecule has 2 rings (SSSR count). The van der Waals surface area contributed by atoms with E-state index >= 15 is 0 Å². The van der Waals surface area contributed by atoms with Gasteiger partial charge in [0.05, 0.1) is 5.92 Å². The quantitative estimate of drug-likeness (QED) is 0.804. The molecule has 0 aromatic carbocycles. The number of nitrogens with one attached hydrogen (secondary N) is 1. The van der Waals surface area contributed by atoms with Crippen LogP contribution in [-0.2, 0) is 4.79 Å². The lowest BCUT2D eigenvalue weighted by Crippen LogP contribution is -2.36. The van der Waals surface area contributed by atoms with Crippen LogP contribution >= 0.6 is 12.4 Å². The summed E-state index contributed by atoms with van der Waals surface area (Å²) >= 11 is 0. The van der Waals surface area contributed by atoms with Gasteiger partial charge in [-0.1, -0.05) is 13.8 Å².